The fraction of sp³-hybridized carbons (Fsp3) is 0.289. The Morgan fingerprint density at radius 2 is 1.42 bits per heavy atom. The Bertz CT molecular complexity index is 1490. The Morgan fingerprint density at radius 1 is 0.814 bits per heavy atom. The van der Waals surface area contributed by atoms with E-state index in [0.717, 1.165) is 42.4 Å². The summed E-state index contributed by atoms with van der Waals surface area (Å²) in [4.78, 5) is 11.3. The Labute approximate surface area is 254 Å². The van der Waals surface area contributed by atoms with Crippen LogP contribution >= 0.6 is 0 Å². The molecular weight excluding hydrogens is 539 g/mol. The number of carbonyl (C=O) groups is 1. The first-order valence-electron chi connectivity index (χ1n) is 14.6. The van der Waals surface area contributed by atoms with Crippen molar-refractivity contribution in [2.75, 3.05) is 13.4 Å². The van der Waals surface area contributed by atoms with Crippen LogP contribution in [0.5, 0.6) is 0 Å². The van der Waals surface area contributed by atoms with E-state index in [0.29, 0.717) is 36.2 Å². The van der Waals surface area contributed by atoms with E-state index in [1.165, 1.54) is 36.8 Å². The molecule has 0 aliphatic heterocycles. The summed E-state index contributed by atoms with van der Waals surface area (Å²) in [5, 5.41) is 0. The largest absolute Gasteiger partial charge is 0.476 e. The lowest BCUT2D eigenvalue weighted by molar-refractivity contribution is -0.139. The van der Waals surface area contributed by atoms with Gasteiger partial charge in [0.05, 0.1) is 25.0 Å². The van der Waals surface area contributed by atoms with E-state index in [1.54, 1.807) is 12.1 Å². The second-order valence-corrected chi connectivity index (χ2v) is 10.6. The minimum Gasteiger partial charge on any atom is -0.476 e. The average molecular weight is 577 g/mol. The molecule has 0 aromatic heterocycles. The van der Waals surface area contributed by atoms with Crippen LogP contribution in [0, 0.1) is 41.3 Å². The predicted octanol–water partition coefficient (Wildman–Crippen LogP) is 7.73. The summed E-state index contributed by atoms with van der Waals surface area (Å²) in [6, 6.07) is 20.8. The maximum absolute atomic E-state index is 14.7. The highest BCUT2D eigenvalue weighted by Crippen LogP contribution is 2.32. The first-order valence-corrected chi connectivity index (χ1v) is 14.6. The molecule has 1 saturated carbocycles. The van der Waals surface area contributed by atoms with Gasteiger partial charge in [-0.15, -0.1) is 0 Å². The number of ether oxygens (including phenoxy) is 3. The summed E-state index contributed by atoms with van der Waals surface area (Å²) < 4.78 is 30.2. The van der Waals surface area contributed by atoms with E-state index in [-0.39, 0.29) is 12.8 Å². The zero-order valence-electron chi connectivity index (χ0n) is 24.4. The number of aryl methyl sites for hydroxylation is 1. The summed E-state index contributed by atoms with van der Waals surface area (Å²) >= 11 is 0. The monoisotopic (exact) mass is 576 g/mol. The molecule has 3 aromatic rings. The second kappa shape index (κ2) is 16.8. The van der Waals surface area contributed by atoms with E-state index in [9.17, 15) is 9.18 Å². The van der Waals surface area contributed by atoms with E-state index in [4.69, 9.17) is 14.2 Å². The van der Waals surface area contributed by atoms with Crippen molar-refractivity contribution in [2.24, 2.45) is 11.8 Å². The molecular formula is C38H37FO4. The van der Waals surface area contributed by atoms with Gasteiger partial charge in [-0.1, -0.05) is 73.9 Å². The highest BCUT2D eigenvalue weighted by atomic mass is 19.1. The van der Waals surface area contributed by atoms with Gasteiger partial charge in [-0.05, 0) is 91.1 Å². The minimum absolute atomic E-state index is 0.153. The molecule has 1 aliphatic rings. The Kier molecular flexibility index (Phi) is 12.2. The molecule has 0 atom stereocenters. The standard InChI is InChI=1S/C38H37FO4/c1-3-38(40)43-27-35-19-14-31(15-20-35)10-7-29-5-8-30(9-6-29)11-16-33-22-24-36(37(39)25-33)23-21-32-12-17-34(18-13-32)26-42-28-41-4-2/h3-6,8-9,12-13,17-18,22,24-25,31,35H,1-2,7,10,14-15,19-20,26-28H2. The first kappa shape index (κ1) is 31.4. The maximum atomic E-state index is 14.7. The van der Waals surface area contributed by atoms with Gasteiger partial charge < -0.3 is 14.2 Å². The summed E-state index contributed by atoms with van der Waals surface area (Å²) in [5.74, 6) is 12.6. The first-order chi connectivity index (χ1) is 21.0. The molecule has 0 spiro atoms. The van der Waals surface area contributed by atoms with E-state index < -0.39 is 5.82 Å². The minimum atomic E-state index is -0.395. The van der Waals surface area contributed by atoms with Crippen molar-refractivity contribution in [3.63, 3.8) is 0 Å². The summed E-state index contributed by atoms with van der Waals surface area (Å²) in [5.41, 5.74) is 4.89. The molecule has 0 unspecified atom stereocenters. The number of carbonyl (C=O) groups excluding carboxylic acids is 1. The van der Waals surface area contributed by atoms with Crippen molar-refractivity contribution >= 4 is 5.97 Å². The van der Waals surface area contributed by atoms with Crippen molar-refractivity contribution in [1.29, 1.82) is 0 Å². The molecule has 0 bridgehead atoms. The molecule has 0 heterocycles. The lowest BCUT2D eigenvalue weighted by Crippen LogP contribution is -2.20. The van der Waals surface area contributed by atoms with Crippen molar-refractivity contribution < 1.29 is 23.4 Å². The molecule has 3 aromatic carbocycles. The van der Waals surface area contributed by atoms with Crippen LogP contribution in [-0.2, 0) is 32.0 Å². The number of rotatable bonds is 11. The lowest BCUT2D eigenvalue weighted by atomic mass is 9.80. The van der Waals surface area contributed by atoms with Crippen LogP contribution in [-0.4, -0.2) is 19.4 Å². The van der Waals surface area contributed by atoms with Crippen molar-refractivity contribution in [3.05, 3.63) is 131 Å². The maximum Gasteiger partial charge on any atom is 0.330 e. The van der Waals surface area contributed by atoms with Crippen LogP contribution < -0.4 is 0 Å². The fourth-order valence-corrected chi connectivity index (χ4v) is 4.99. The molecule has 0 amide bonds. The third-order valence-electron chi connectivity index (χ3n) is 7.54. The molecule has 220 valence electrons. The quantitative estimate of drug-likeness (QED) is 0.0585. The number of hydrogen-bond donors (Lipinski definition) is 0. The van der Waals surface area contributed by atoms with E-state index in [1.807, 2.05) is 36.4 Å². The highest BCUT2D eigenvalue weighted by Gasteiger charge is 2.21. The second-order valence-electron chi connectivity index (χ2n) is 10.6. The third-order valence-corrected chi connectivity index (χ3v) is 7.54. The van der Waals surface area contributed by atoms with Crippen LogP contribution in [0.4, 0.5) is 4.39 Å². The highest BCUT2D eigenvalue weighted by molar-refractivity contribution is 5.81. The Balaban J connectivity index is 1.23. The molecule has 1 aliphatic carbocycles. The molecule has 4 rings (SSSR count). The van der Waals surface area contributed by atoms with E-state index >= 15 is 0 Å². The zero-order chi connectivity index (χ0) is 30.3. The van der Waals surface area contributed by atoms with Crippen molar-refractivity contribution in [2.45, 2.75) is 45.1 Å². The molecule has 43 heavy (non-hydrogen) atoms. The molecule has 0 radical (unpaired) electrons. The van der Waals surface area contributed by atoms with Crippen molar-refractivity contribution in [1.82, 2.24) is 0 Å². The zero-order valence-corrected chi connectivity index (χ0v) is 24.4. The molecule has 1 fully saturated rings. The molecule has 4 nitrogen and oxygen atoms in total. The predicted molar refractivity (Wildman–Crippen MR) is 167 cm³/mol. The van der Waals surface area contributed by atoms with Crippen LogP contribution in [0.1, 0.15) is 65.5 Å². The van der Waals surface area contributed by atoms with Gasteiger partial charge in [0.2, 0.25) is 0 Å². The Hall–Kier alpha value is -4.58. The van der Waals surface area contributed by atoms with Gasteiger partial charge >= 0.3 is 5.97 Å². The van der Waals surface area contributed by atoms with Gasteiger partial charge in [-0.2, -0.15) is 0 Å². The van der Waals surface area contributed by atoms with Gasteiger partial charge in [-0.3, -0.25) is 0 Å². The topological polar surface area (TPSA) is 44.8 Å². The Morgan fingerprint density at radius 3 is 2.07 bits per heavy atom. The smallest absolute Gasteiger partial charge is 0.330 e. The molecule has 0 saturated heterocycles. The van der Waals surface area contributed by atoms with Crippen molar-refractivity contribution in [3.8, 4) is 23.7 Å². The summed E-state index contributed by atoms with van der Waals surface area (Å²) in [6.07, 6.45) is 9.32. The number of hydrogen-bond acceptors (Lipinski definition) is 4. The number of benzene rings is 3. The summed E-state index contributed by atoms with van der Waals surface area (Å²) in [6.45, 7) is 7.98. The van der Waals surface area contributed by atoms with Crippen LogP contribution in [0.2, 0.25) is 0 Å². The van der Waals surface area contributed by atoms with Crippen LogP contribution in [0.15, 0.2) is 92.2 Å². The molecule has 5 heteroatoms. The molecule has 0 N–H and O–H groups in total. The fourth-order valence-electron chi connectivity index (χ4n) is 4.99. The van der Waals surface area contributed by atoms with Gasteiger partial charge in [-0.25, -0.2) is 9.18 Å². The van der Waals surface area contributed by atoms with E-state index in [2.05, 4.69) is 49.0 Å². The van der Waals surface area contributed by atoms with Gasteiger partial charge in [0, 0.05) is 22.8 Å². The summed E-state index contributed by atoms with van der Waals surface area (Å²) in [7, 11) is 0. The lowest BCUT2D eigenvalue weighted by Gasteiger charge is -2.28. The number of esters is 1. The van der Waals surface area contributed by atoms with Gasteiger partial charge in [0.25, 0.3) is 0 Å². The van der Waals surface area contributed by atoms with Gasteiger partial charge in [0.1, 0.15) is 5.82 Å². The SMILES string of the molecule is C=COCOCc1ccc(C#Cc2ccc(C#Cc3ccc(CCC4CCC(COC(=O)C=C)CC4)cc3)cc2F)cc1. The van der Waals surface area contributed by atoms with Crippen LogP contribution in [0.25, 0.3) is 0 Å². The van der Waals surface area contributed by atoms with Gasteiger partial charge in [0.15, 0.2) is 6.79 Å². The normalized spacial score (nSPS) is 15.7. The number of halogens is 1. The average Bonchev–Trinajstić information content (AvgIpc) is 3.04. The third kappa shape index (κ3) is 10.6. The van der Waals surface area contributed by atoms with Crippen LogP contribution in [0.3, 0.4) is 0 Å².